The first-order chi connectivity index (χ1) is 9.72. The van der Waals surface area contributed by atoms with Gasteiger partial charge in [-0.05, 0) is 37.4 Å². The molecule has 1 aromatic carbocycles. The van der Waals surface area contributed by atoms with E-state index in [1.165, 1.54) is 6.07 Å². The molecule has 0 aromatic heterocycles. The Morgan fingerprint density at radius 3 is 2.90 bits per heavy atom. The fourth-order valence-electron chi connectivity index (χ4n) is 2.76. The van der Waals surface area contributed by atoms with Crippen molar-refractivity contribution in [3.63, 3.8) is 0 Å². The first kappa shape index (κ1) is 15.0. The van der Waals surface area contributed by atoms with Gasteiger partial charge in [0.25, 0.3) is 0 Å². The van der Waals surface area contributed by atoms with Crippen LogP contribution in [0, 0.1) is 5.82 Å². The van der Waals surface area contributed by atoms with Crippen molar-refractivity contribution in [2.24, 2.45) is 0 Å². The molecule has 0 bridgehead atoms. The van der Waals surface area contributed by atoms with E-state index < -0.39 is 0 Å². The fourth-order valence-corrected chi connectivity index (χ4v) is 2.76. The second-order valence-electron chi connectivity index (χ2n) is 5.36. The van der Waals surface area contributed by atoms with Crippen LogP contribution in [0.4, 0.5) is 4.39 Å². The summed E-state index contributed by atoms with van der Waals surface area (Å²) in [6.45, 7) is 4.69. The standard InChI is InChI=1S/C16H23FN2O/c1-2-10-19(14-7-5-9-18-12-14)16(20)11-13-6-3-4-8-15(13)17/h3-4,6,8,14,18H,2,5,7,9-12H2,1H3. The molecule has 1 atom stereocenters. The lowest BCUT2D eigenvalue weighted by Crippen LogP contribution is -2.49. The lowest BCUT2D eigenvalue weighted by molar-refractivity contribution is -0.133. The summed E-state index contributed by atoms with van der Waals surface area (Å²) in [7, 11) is 0. The van der Waals surface area contributed by atoms with E-state index in [9.17, 15) is 9.18 Å². The fraction of sp³-hybridized carbons (Fsp3) is 0.562. The molecule has 0 aliphatic carbocycles. The minimum absolute atomic E-state index is 0.0330. The van der Waals surface area contributed by atoms with Gasteiger partial charge in [-0.2, -0.15) is 0 Å². The van der Waals surface area contributed by atoms with E-state index in [1.54, 1.807) is 18.2 Å². The topological polar surface area (TPSA) is 32.3 Å². The molecule has 0 radical (unpaired) electrons. The van der Waals surface area contributed by atoms with E-state index >= 15 is 0 Å². The minimum atomic E-state index is -0.293. The Hall–Kier alpha value is -1.42. The van der Waals surface area contributed by atoms with Gasteiger partial charge in [0, 0.05) is 19.1 Å². The van der Waals surface area contributed by atoms with Gasteiger partial charge >= 0.3 is 0 Å². The Balaban J connectivity index is 2.04. The average molecular weight is 278 g/mol. The number of piperidine rings is 1. The van der Waals surface area contributed by atoms with Gasteiger partial charge in [-0.25, -0.2) is 4.39 Å². The van der Waals surface area contributed by atoms with Crippen LogP contribution in [0.25, 0.3) is 0 Å². The Morgan fingerprint density at radius 2 is 2.25 bits per heavy atom. The van der Waals surface area contributed by atoms with Crippen LogP contribution in [-0.2, 0) is 11.2 Å². The summed E-state index contributed by atoms with van der Waals surface area (Å²) < 4.78 is 13.7. The Morgan fingerprint density at radius 1 is 1.45 bits per heavy atom. The van der Waals surface area contributed by atoms with E-state index in [-0.39, 0.29) is 24.2 Å². The maximum absolute atomic E-state index is 13.7. The average Bonchev–Trinajstić information content (AvgIpc) is 2.48. The van der Waals surface area contributed by atoms with Crippen LogP contribution in [0.5, 0.6) is 0 Å². The molecule has 110 valence electrons. The molecule has 0 saturated carbocycles. The molecule has 1 aromatic rings. The Bertz CT molecular complexity index is 444. The molecule has 1 heterocycles. The summed E-state index contributed by atoms with van der Waals surface area (Å²) in [5.74, 6) is -0.260. The molecule has 1 unspecified atom stereocenters. The zero-order valence-corrected chi connectivity index (χ0v) is 12.1. The molecule has 1 amide bonds. The number of hydrogen-bond acceptors (Lipinski definition) is 2. The van der Waals surface area contributed by atoms with Gasteiger partial charge in [-0.1, -0.05) is 25.1 Å². The van der Waals surface area contributed by atoms with Gasteiger partial charge in [0.15, 0.2) is 0 Å². The van der Waals surface area contributed by atoms with Crippen molar-refractivity contribution in [1.29, 1.82) is 0 Å². The number of amides is 1. The molecule has 20 heavy (non-hydrogen) atoms. The number of halogens is 1. The highest BCUT2D eigenvalue weighted by Crippen LogP contribution is 2.15. The van der Waals surface area contributed by atoms with Crippen LogP contribution in [0.2, 0.25) is 0 Å². The van der Waals surface area contributed by atoms with Crippen LogP contribution in [0.15, 0.2) is 24.3 Å². The Kier molecular flexibility index (Phi) is 5.53. The van der Waals surface area contributed by atoms with Crippen molar-refractivity contribution >= 4 is 5.91 Å². The lowest BCUT2D eigenvalue weighted by Gasteiger charge is -2.34. The molecule has 2 rings (SSSR count). The number of hydrogen-bond donors (Lipinski definition) is 1. The predicted octanol–water partition coefficient (Wildman–Crippen LogP) is 2.36. The van der Waals surface area contributed by atoms with Gasteiger partial charge in [0.1, 0.15) is 5.82 Å². The van der Waals surface area contributed by atoms with Crippen LogP contribution in [0.3, 0.4) is 0 Å². The van der Waals surface area contributed by atoms with Crippen LogP contribution >= 0.6 is 0 Å². The molecule has 1 N–H and O–H groups in total. The number of rotatable bonds is 5. The molecule has 1 aliphatic heterocycles. The smallest absolute Gasteiger partial charge is 0.227 e. The van der Waals surface area contributed by atoms with Crippen LogP contribution < -0.4 is 5.32 Å². The third-order valence-electron chi connectivity index (χ3n) is 3.80. The maximum atomic E-state index is 13.7. The van der Waals surface area contributed by atoms with Crippen molar-refractivity contribution in [3.05, 3.63) is 35.6 Å². The van der Waals surface area contributed by atoms with Gasteiger partial charge in [0.2, 0.25) is 5.91 Å². The molecule has 0 spiro atoms. The molecular weight excluding hydrogens is 255 g/mol. The van der Waals surface area contributed by atoms with Crippen LogP contribution in [0.1, 0.15) is 31.7 Å². The highest BCUT2D eigenvalue weighted by Gasteiger charge is 2.25. The molecule has 3 nitrogen and oxygen atoms in total. The zero-order chi connectivity index (χ0) is 14.4. The monoisotopic (exact) mass is 278 g/mol. The van der Waals surface area contributed by atoms with Crippen molar-refractivity contribution in [2.75, 3.05) is 19.6 Å². The lowest BCUT2D eigenvalue weighted by atomic mass is 10.0. The third kappa shape index (κ3) is 3.79. The van der Waals surface area contributed by atoms with Gasteiger partial charge < -0.3 is 10.2 Å². The quantitative estimate of drug-likeness (QED) is 0.896. The molecule has 1 aliphatic rings. The normalized spacial score (nSPS) is 18.8. The van der Waals surface area contributed by atoms with E-state index in [0.29, 0.717) is 5.56 Å². The predicted molar refractivity (Wildman–Crippen MR) is 78.0 cm³/mol. The van der Waals surface area contributed by atoms with Crippen molar-refractivity contribution in [3.8, 4) is 0 Å². The number of benzene rings is 1. The summed E-state index contributed by atoms with van der Waals surface area (Å²) in [4.78, 5) is 14.4. The van der Waals surface area contributed by atoms with E-state index in [0.717, 1.165) is 38.9 Å². The molecule has 1 saturated heterocycles. The SMILES string of the molecule is CCCN(C(=O)Cc1ccccc1F)C1CCCNC1. The molecule has 4 heteroatoms. The number of nitrogens with one attached hydrogen (secondary N) is 1. The zero-order valence-electron chi connectivity index (χ0n) is 12.1. The summed E-state index contributed by atoms with van der Waals surface area (Å²) in [6, 6.07) is 6.78. The van der Waals surface area contributed by atoms with Gasteiger partial charge in [-0.3, -0.25) is 4.79 Å². The van der Waals surface area contributed by atoms with Crippen LogP contribution in [-0.4, -0.2) is 36.5 Å². The first-order valence-corrected chi connectivity index (χ1v) is 7.46. The second-order valence-corrected chi connectivity index (χ2v) is 5.36. The highest BCUT2D eigenvalue weighted by molar-refractivity contribution is 5.79. The molecule has 1 fully saturated rings. The number of carbonyl (C=O) groups is 1. The van der Waals surface area contributed by atoms with Crippen molar-refractivity contribution in [1.82, 2.24) is 10.2 Å². The third-order valence-corrected chi connectivity index (χ3v) is 3.80. The molecular formula is C16H23FN2O. The number of carbonyl (C=O) groups excluding carboxylic acids is 1. The van der Waals surface area contributed by atoms with Gasteiger partial charge in [-0.15, -0.1) is 0 Å². The Labute approximate surface area is 120 Å². The van der Waals surface area contributed by atoms with E-state index in [2.05, 4.69) is 12.2 Å². The first-order valence-electron chi connectivity index (χ1n) is 7.46. The maximum Gasteiger partial charge on any atom is 0.227 e. The van der Waals surface area contributed by atoms with Gasteiger partial charge in [0.05, 0.1) is 6.42 Å². The summed E-state index contributed by atoms with van der Waals surface area (Å²) >= 11 is 0. The van der Waals surface area contributed by atoms with E-state index in [4.69, 9.17) is 0 Å². The summed E-state index contributed by atoms with van der Waals surface area (Å²) in [5, 5.41) is 3.34. The largest absolute Gasteiger partial charge is 0.338 e. The number of nitrogens with zero attached hydrogens (tertiary/aromatic N) is 1. The van der Waals surface area contributed by atoms with E-state index in [1.807, 2.05) is 4.90 Å². The summed E-state index contributed by atoms with van der Waals surface area (Å²) in [6.07, 6.45) is 3.22. The van der Waals surface area contributed by atoms with Crippen molar-refractivity contribution < 1.29 is 9.18 Å². The highest BCUT2D eigenvalue weighted by atomic mass is 19.1. The van der Waals surface area contributed by atoms with Crippen molar-refractivity contribution in [2.45, 2.75) is 38.6 Å². The second kappa shape index (κ2) is 7.39. The summed E-state index contributed by atoms with van der Waals surface area (Å²) in [5.41, 5.74) is 0.488. The minimum Gasteiger partial charge on any atom is -0.338 e.